The van der Waals surface area contributed by atoms with Gasteiger partial charge in [0, 0.05) is 31.0 Å². The van der Waals surface area contributed by atoms with Gasteiger partial charge in [-0.15, -0.1) is 0 Å². The van der Waals surface area contributed by atoms with Crippen molar-refractivity contribution in [2.45, 2.75) is 19.3 Å². The van der Waals surface area contributed by atoms with Gasteiger partial charge in [0.15, 0.2) is 0 Å². The Hall–Kier alpha value is -2.95. The summed E-state index contributed by atoms with van der Waals surface area (Å²) in [7, 11) is 0. The second-order valence-corrected chi connectivity index (χ2v) is 6.79. The van der Waals surface area contributed by atoms with Gasteiger partial charge in [0.05, 0.1) is 6.33 Å². The molecule has 0 unspecified atom stereocenters. The average Bonchev–Trinajstić information content (AvgIpc) is 3.19. The van der Waals surface area contributed by atoms with Gasteiger partial charge < -0.3 is 9.88 Å². The number of carbonyl (C=O) groups is 1. The standard InChI is InChI=1S/C21H22N4O/c26-21(20-19(23-15-24-20)18-6-2-1-3-7-18)25-11-8-16(9-12-25)13-17-5-4-10-22-14-17/h1-7,10,14-16H,8-9,11-13H2,(H,23,24). The molecule has 4 rings (SSSR count). The smallest absolute Gasteiger partial charge is 0.272 e. The highest BCUT2D eigenvalue weighted by Crippen LogP contribution is 2.25. The number of pyridine rings is 1. The lowest BCUT2D eigenvalue weighted by Crippen LogP contribution is -2.39. The Morgan fingerprint density at radius 1 is 1.12 bits per heavy atom. The molecule has 0 spiro atoms. The van der Waals surface area contributed by atoms with E-state index in [0.717, 1.165) is 43.6 Å². The highest BCUT2D eigenvalue weighted by molar-refractivity contribution is 5.98. The molecule has 0 bridgehead atoms. The summed E-state index contributed by atoms with van der Waals surface area (Å²) in [6.07, 6.45) is 8.43. The molecule has 3 aromatic rings. The van der Waals surface area contributed by atoms with Crippen LogP contribution in [0.4, 0.5) is 0 Å². The summed E-state index contributed by atoms with van der Waals surface area (Å²) in [5.74, 6) is 0.653. The van der Waals surface area contributed by atoms with E-state index >= 15 is 0 Å². The molecule has 3 heterocycles. The van der Waals surface area contributed by atoms with E-state index in [-0.39, 0.29) is 5.91 Å². The summed E-state index contributed by atoms with van der Waals surface area (Å²) >= 11 is 0. The molecule has 5 nitrogen and oxygen atoms in total. The SMILES string of the molecule is O=C(c1[nH]cnc1-c1ccccc1)N1CCC(Cc2cccnc2)CC1. The maximum Gasteiger partial charge on any atom is 0.272 e. The van der Waals surface area contributed by atoms with Crippen LogP contribution < -0.4 is 0 Å². The quantitative estimate of drug-likeness (QED) is 0.785. The van der Waals surface area contributed by atoms with Crippen molar-refractivity contribution in [2.75, 3.05) is 13.1 Å². The van der Waals surface area contributed by atoms with Crippen LogP contribution in [-0.2, 0) is 6.42 Å². The first-order valence-corrected chi connectivity index (χ1v) is 9.08. The lowest BCUT2D eigenvalue weighted by atomic mass is 9.90. The number of nitrogens with zero attached hydrogens (tertiary/aromatic N) is 3. The molecular weight excluding hydrogens is 324 g/mol. The predicted octanol–water partition coefficient (Wildman–Crippen LogP) is 3.57. The Bertz CT molecular complexity index is 852. The number of carbonyl (C=O) groups excluding carboxylic acids is 1. The van der Waals surface area contributed by atoms with E-state index in [2.05, 4.69) is 21.0 Å². The van der Waals surface area contributed by atoms with E-state index in [0.29, 0.717) is 11.6 Å². The van der Waals surface area contributed by atoms with E-state index < -0.39 is 0 Å². The Morgan fingerprint density at radius 3 is 2.65 bits per heavy atom. The third-order valence-corrected chi connectivity index (χ3v) is 5.05. The van der Waals surface area contributed by atoms with Gasteiger partial charge in [-0.2, -0.15) is 0 Å². The second-order valence-electron chi connectivity index (χ2n) is 6.79. The van der Waals surface area contributed by atoms with Crippen LogP contribution >= 0.6 is 0 Å². The number of piperidine rings is 1. The third-order valence-electron chi connectivity index (χ3n) is 5.05. The van der Waals surface area contributed by atoms with Crippen LogP contribution in [-0.4, -0.2) is 38.8 Å². The molecule has 0 radical (unpaired) electrons. The highest BCUT2D eigenvalue weighted by atomic mass is 16.2. The zero-order chi connectivity index (χ0) is 17.8. The lowest BCUT2D eigenvalue weighted by Gasteiger charge is -2.32. The van der Waals surface area contributed by atoms with Gasteiger partial charge in [-0.3, -0.25) is 9.78 Å². The van der Waals surface area contributed by atoms with Crippen LogP contribution in [0, 0.1) is 5.92 Å². The largest absolute Gasteiger partial charge is 0.340 e. The van der Waals surface area contributed by atoms with Gasteiger partial charge in [0.1, 0.15) is 11.4 Å². The number of rotatable bonds is 4. The summed E-state index contributed by atoms with van der Waals surface area (Å²) in [5, 5.41) is 0. The third kappa shape index (κ3) is 3.52. The van der Waals surface area contributed by atoms with E-state index in [1.165, 1.54) is 5.56 Å². The van der Waals surface area contributed by atoms with E-state index in [1.807, 2.05) is 47.5 Å². The number of imidazole rings is 1. The molecule has 1 N–H and O–H groups in total. The van der Waals surface area contributed by atoms with Crippen LogP contribution in [0.5, 0.6) is 0 Å². The summed E-state index contributed by atoms with van der Waals surface area (Å²) in [5.41, 5.74) is 3.55. The molecule has 2 aromatic heterocycles. The number of aromatic amines is 1. The maximum atomic E-state index is 13.0. The molecule has 1 aromatic carbocycles. The second kappa shape index (κ2) is 7.52. The average molecular weight is 346 g/mol. The fraction of sp³-hybridized carbons (Fsp3) is 0.286. The topological polar surface area (TPSA) is 61.9 Å². The minimum atomic E-state index is 0.0428. The van der Waals surface area contributed by atoms with Gasteiger partial charge in [0.25, 0.3) is 5.91 Å². The fourth-order valence-corrected chi connectivity index (χ4v) is 3.62. The number of H-pyrrole nitrogens is 1. The Kier molecular flexibility index (Phi) is 4.78. The zero-order valence-electron chi connectivity index (χ0n) is 14.6. The van der Waals surface area contributed by atoms with Crippen molar-refractivity contribution < 1.29 is 4.79 Å². The minimum absolute atomic E-state index is 0.0428. The normalized spacial score (nSPS) is 15.2. The molecular formula is C21H22N4O. The number of hydrogen-bond donors (Lipinski definition) is 1. The monoisotopic (exact) mass is 346 g/mol. The molecule has 1 aliphatic rings. The fourth-order valence-electron chi connectivity index (χ4n) is 3.62. The first kappa shape index (κ1) is 16.5. The number of amides is 1. The maximum absolute atomic E-state index is 13.0. The van der Waals surface area contributed by atoms with E-state index in [4.69, 9.17) is 0 Å². The number of hydrogen-bond acceptors (Lipinski definition) is 3. The summed E-state index contributed by atoms with van der Waals surface area (Å²) in [6.45, 7) is 1.58. The van der Waals surface area contributed by atoms with Crippen molar-refractivity contribution in [1.82, 2.24) is 19.9 Å². The summed E-state index contributed by atoms with van der Waals surface area (Å²) < 4.78 is 0. The van der Waals surface area contributed by atoms with Crippen LogP contribution in [0.1, 0.15) is 28.9 Å². The highest BCUT2D eigenvalue weighted by Gasteiger charge is 2.26. The lowest BCUT2D eigenvalue weighted by molar-refractivity contribution is 0.0686. The molecule has 0 atom stereocenters. The van der Waals surface area contributed by atoms with E-state index in [1.54, 1.807) is 12.5 Å². The zero-order valence-corrected chi connectivity index (χ0v) is 14.6. The van der Waals surface area contributed by atoms with Crippen LogP contribution in [0.25, 0.3) is 11.3 Å². The Balaban J connectivity index is 1.41. The Labute approximate surface area is 153 Å². The van der Waals surface area contributed by atoms with Crippen molar-refractivity contribution in [3.8, 4) is 11.3 Å². The van der Waals surface area contributed by atoms with Crippen molar-refractivity contribution in [2.24, 2.45) is 5.92 Å². The van der Waals surface area contributed by atoms with E-state index in [9.17, 15) is 4.79 Å². The minimum Gasteiger partial charge on any atom is -0.340 e. The van der Waals surface area contributed by atoms with Crippen molar-refractivity contribution in [1.29, 1.82) is 0 Å². The summed E-state index contributed by atoms with van der Waals surface area (Å²) in [4.78, 5) is 26.5. The van der Waals surface area contributed by atoms with Gasteiger partial charge in [-0.1, -0.05) is 36.4 Å². The first-order valence-electron chi connectivity index (χ1n) is 9.08. The molecule has 1 amide bonds. The molecule has 0 aliphatic carbocycles. The molecule has 132 valence electrons. The Morgan fingerprint density at radius 2 is 1.92 bits per heavy atom. The number of nitrogens with one attached hydrogen (secondary N) is 1. The molecule has 5 heteroatoms. The van der Waals surface area contributed by atoms with Crippen molar-refractivity contribution in [3.63, 3.8) is 0 Å². The first-order chi connectivity index (χ1) is 12.8. The molecule has 1 fully saturated rings. The number of likely N-dealkylation sites (tertiary alicyclic amines) is 1. The predicted molar refractivity (Wildman–Crippen MR) is 101 cm³/mol. The summed E-state index contributed by atoms with van der Waals surface area (Å²) in [6, 6.07) is 14.0. The number of aromatic nitrogens is 3. The van der Waals surface area contributed by atoms with Gasteiger partial charge >= 0.3 is 0 Å². The molecule has 1 aliphatic heterocycles. The van der Waals surface area contributed by atoms with Crippen molar-refractivity contribution >= 4 is 5.91 Å². The molecule has 1 saturated heterocycles. The molecule has 0 saturated carbocycles. The molecule has 26 heavy (non-hydrogen) atoms. The van der Waals surface area contributed by atoms with Crippen molar-refractivity contribution in [3.05, 3.63) is 72.4 Å². The van der Waals surface area contributed by atoms with Crippen LogP contribution in [0.3, 0.4) is 0 Å². The van der Waals surface area contributed by atoms with Gasteiger partial charge in [-0.05, 0) is 36.8 Å². The van der Waals surface area contributed by atoms with Gasteiger partial charge in [-0.25, -0.2) is 4.98 Å². The van der Waals surface area contributed by atoms with Crippen LogP contribution in [0.2, 0.25) is 0 Å². The number of benzene rings is 1. The van der Waals surface area contributed by atoms with Gasteiger partial charge in [0.2, 0.25) is 0 Å². The van der Waals surface area contributed by atoms with Crippen LogP contribution in [0.15, 0.2) is 61.2 Å².